The SMILES string of the molecule is COCCOc1cc2nccc(Oc3c(F)cc(NC(=O)c4cnccc4OC)cc3F)c2cc1OCCOC. The number of aromatic nitrogens is 2. The molecular weight excluding hydrogens is 528 g/mol. The molecule has 1 N–H and O–H groups in total. The van der Waals surface area contributed by atoms with Crippen LogP contribution in [-0.2, 0) is 9.47 Å². The molecule has 0 fully saturated rings. The van der Waals surface area contributed by atoms with E-state index < -0.39 is 23.3 Å². The molecule has 0 bridgehead atoms. The van der Waals surface area contributed by atoms with Crippen LogP contribution in [0.2, 0.25) is 0 Å². The first kappa shape index (κ1) is 28.5. The highest BCUT2D eigenvalue weighted by Gasteiger charge is 2.19. The average molecular weight is 556 g/mol. The first-order valence-corrected chi connectivity index (χ1v) is 12.1. The highest BCUT2D eigenvalue weighted by atomic mass is 19.1. The number of pyridine rings is 2. The number of rotatable bonds is 13. The van der Waals surface area contributed by atoms with Crippen molar-refractivity contribution in [2.75, 3.05) is 53.1 Å². The summed E-state index contributed by atoms with van der Waals surface area (Å²) in [4.78, 5) is 20.8. The Labute approximate surface area is 228 Å². The predicted molar refractivity (Wildman–Crippen MR) is 142 cm³/mol. The Morgan fingerprint density at radius 1 is 0.825 bits per heavy atom. The summed E-state index contributed by atoms with van der Waals surface area (Å²) in [6.07, 6.45) is 4.18. The van der Waals surface area contributed by atoms with Crippen molar-refractivity contribution in [1.29, 1.82) is 0 Å². The molecule has 40 heavy (non-hydrogen) atoms. The van der Waals surface area contributed by atoms with Crippen LogP contribution >= 0.6 is 0 Å². The van der Waals surface area contributed by atoms with Crippen LogP contribution in [0.1, 0.15) is 10.4 Å². The van der Waals surface area contributed by atoms with Crippen molar-refractivity contribution in [2.24, 2.45) is 0 Å². The molecule has 0 unspecified atom stereocenters. The fourth-order valence-corrected chi connectivity index (χ4v) is 3.68. The van der Waals surface area contributed by atoms with E-state index in [1.807, 2.05) is 0 Å². The zero-order valence-electron chi connectivity index (χ0n) is 22.0. The van der Waals surface area contributed by atoms with Crippen LogP contribution in [0.25, 0.3) is 10.9 Å². The Balaban J connectivity index is 1.62. The van der Waals surface area contributed by atoms with Crippen LogP contribution in [0, 0.1) is 11.6 Å². The molecule has 0 saturated heterocycles. The van der Waals surface area contributed by atoms with Crippen molar-refractivity contribution < 1.29 is 42.0 Å². The number of halogens is 2. The van der Waals surface area contributed by atoms with Gasteiger partial charge in [0.1, 0.15) is 24.7 Å². The summed E-state index contributed by atoms with van der Waals surface area (Å²) < 4.78 is 62.6. The zero-order chi connectivity index (χ0) is 28.5. The van der Waals surface area contributed by atoms with Crippen LogP contribution in [0.4, 0.5) is 14.5 Å². The number of carbonyl (C=O) groups excluding carboxylic acids is 1. The van der Waals surface area contributed by atoms with E-state index in [1.54, 1.807) is 26.4 Å². The summed E-state index contributed by atoms with van der Waals surface area (Å²) in [5, 5.41) is 2.87. The standard InChI is InChI=1S/C28H27F2N3O7/c1-35-8-10-38-25-14-18-22(15-26(25)39-11-9-36-2)32-7-5-24(18)40-27-20(29)12-17(13-21(27)30)33-28(34)19-16-31-6-4-23(19)37-3/h4-7,12-16H,8-11H2,1-3H3,(H,33,34). The number of benzene rings is 2. The number of hydrogen-bond donors (Lipinski definition) is 1. The molecule has 10 nitrogen and oxygen atoms in total. The second-order valence-electron chi connectivity index (χ2n) is 8.21. The van der Waals surface area contributed by atoms with Gasteiger partial charge < -0.3 is 33.7 Å². The maximum absolute atomic E-state index is 15.1. The van der Waals surface area contributed by atoms with E-state index in [2.05, 4.69) is 15.3 Å². The molecule has 0 radical (unpaired) electrons. The molecule has 2 heterocycles. The van der Waals surface area contributed by atoms with Gasteiger partial charge in [-0.05, 0) is 18.2 Å². The van der Waals surface area contributed by atoms with E-state index >= 15 is 8.78 Å². The number of fused-ring (bicyclic) bond motifs is 1. The normalized spacial score (nSPS) is 10.8. The fourth-order valence-electron chi connectivity index (χ4n) is 3.68. The van der Waals surface area contributed by atoms with Gasteiger partial charge in [-0.2, -0.15) is 0 Å². The van der Waals surface area contributed by atoms with Crippen molar-refractivity contribution in [2.45, 2.75) is 0 Å². The lowest BCUT2D eigenvalue weighted by atomic mass is 10.1. The number of nitrogens with one attached hydrogen (secondary N) is 1. The quantitative estimate of drug-likeness (QED) is 0.228. The van der Waals surface area contributed by atoms with Crippen LogP contribution in [0.3, 0.4) is 0 Å². The molecule has 4 rings (SSSR count). The Kier molecular flexibility index (Phi) is 9.60. The fraction of sp³-hybridized carbons (Fsp3) is 0.250. The topological polar surface area (TPSA) is 110 Å². The molecule has 210 valence electrons. The molecule has 0 aliphatic rings. The molecule has 4 aromatic rings. The van der Waals surface area contributed by atoms with E-state index in [4.69, 9.17) is 28.4 Å². The zero-order valence-corrected chi connectivity index (χ0v) is 22.0. The van der Waals surface area contributed by atoms with Crippen molar-refractivity contribution in [3.8, 4) is 28.7 Å². The Bertz CT molecular complexity index is 1460. The largest absolute Gasteiger partial charge is 0.496 e. The molecule has 0 spiro atoms. The monoisotopic (exact) mass is 555 g/mol. The maximum atomic E-state index is 15.1. The van der Waals surface area contributed by atoms with Crippen LogP contribution in [-0.4, -0.2) is 63.6 Å². The third kappa shape index (κ3) is 6.71. The molecule has 0 aliphatic heterocycles. The third-order valence-corrected chi connectivity index (χ3v) is 5.57. The number of amides is 1. The number of anilines is 1. The molecule has 1 amide bonds. The number of hydrogen-bond acceptors (Lipinski definition) is 9. The summed E-state index contributed by atoms with van der Waals surface area (Å²) in [5.41, 5.74) is 0.423. The van der Waals surface area contributed by atoms with Gasteiger partial charge in [0.05, 0.1) is 31.4 Å². The summed E-state index contributed by atoms with van der Waals surface area (Å²) in [7, 11) is 4.50. The lowest BCUT2D eigenvalue weighted by Crippen LogP contribution is -2.14. The van der Waals surface area contributed by atoms with Gasteiger partial charge >= 0.3 is 0 Å². The minimum atomic E-state index is -1.03. The van der Waals surface area contributed by atoms with Gasteiger partial charge in [0.15, 0.2) is 28.9 Å². The first-order valence-electron chi connectivity index (χ1n) is 12.1. The second kappa shape index (κ2) is 13.5. The third-order valence-electron chi connectivity index (χ3n) is 5.57. The van der Waals surface area contributed by atoms with Gasteiger partial charge in [0, 0.05) is 62.1 Å². The van der Waals surface area contributed by atoms with E-state index in [9.17, 15) is 4.79 Å². The molecule has 12 heteroatoms. The number of methoxy groups -OCH3 is 3. The number of nitrogens with zero attached hydrogens (tertiary/aromatic N) is 2. The van der Waals surface area contributed by atoms with Gasteiger partial charge in [-0.25, -0.2) is 8.78 Å². The highest BCUT2D eigenvalue weighted by molar-refractivity contribution is 6.06. The summed E-state index contributed by atoms with van der Waals surface area (Å²) in [6, 6.07) is 8.11. The van der Waals surface area contributed by atoms with Crippen molar-refractivity contribution in [3.63, 3.8) is 0 Å². The number of ether oxygens (including phenoxy) is 6. The first-order chi connectivity index (χ1) is 19.4. The van der Waals surface area contributed by atoms with Gasteiger partial charge in [0.2, 0.25) is 0 Å². The van der Waals surface area contributed by atoms with E-state index in [0.29, 0.717) is 35.6 Å². The summed E-state index contributed by atoms with van der Waals surface area (Å²) in [6.45, 7) is 1.20. The molecular formula is C28H27F2N3O7. The molecule has 2 aromatic carbocycles. The van der Waals surface area contributed by atoms with E-state index in [0.717, 1.165) is 12.1 Å². The van der Waals surface area contributed by atoms with Crippen molar-refractivity contribution in [1.82, 2.24) is 9.97 Å². The van der Waals surface area contributed by atoms with Crippen molar-refractivity contribution in [3.05, 3.63) is 72.2 Å². The van der Waals surface area contributed by atoms with Crippen LogP contribution in [0.15, 0.2) is 55.0 Å². The van der Waals surface area contributed by atoms with Crippen molar-refractivity contribution >= 4 is 22.5 Å². The Hall–Kier alpha value is -4.55. The molecule has 0 saturated carbocycles. The summed E-state index contributed by atoms with van der Waals surface area (Å²) >= 11 is 0. The van der Waals surface area contributed by atoms with Gasteiger partial charge in [0.25, 0.3) is 5.91 Å². The molecule has 0 aliphatic carbocycles. The summed E-state index contributed by atoms with van der Waals surface area (Å²) in [5.74, 6) is -2.22. The van der Waals surface area contributed by atoms with Gasteiger partial charge in [-0.15, -0.1) is 0 Å². The Morgan fingerprint density at radius 3 is 2.12 bits per heavy atom. The minimum Gasteiger partial charge on any atom is -0.496 e. The van der Waals surface area contributed by atoms with Crippen LogP contribution < -0.4 is 24.3 Å². The molecule has 2 aromatic heterocycles. The van der Waals surface area contributed by atoms with Gasteiger partial charge in [-0.1, -0.05) is 0 Å². The predicted octanol–water partition coefficient (Wildman–Crippen LogP) is 5.01. The second-order valence-corrected chi connectivity index (χ2v) is 8.21. The van der Waals surface area contributed by atoms with E-state index in [1.165, 1.54) is 37.8 Å². The maximum Gasteiger partial charge on any atom is 0.261 e. The highest BCUT2D eigenvalue weighted by Crippen LogP contribution is 2.39. The minimum absolute atomic E-state index is 0.100. The lowest BCUT2D eigenvalue weighted by molar-refractivity contribution is 0.102. The average Bonchev–Trinajstić information content (AvgIpc) is 2.95. The Morgan fingerprint density at radius 2 is 1.48 bits per heavy atom. The van der Waals surface area contributed by atoms with E-state index in [-0.39, 0.29) is 36.0 Å². The lowest BCUT2D eigenvalue weighted by Gasteiger charge is -2.16. The number of carbonyl (C=O) groups is 1. The molecule has 0 atom stereocenters. The van der Waals surface area contributed by atoms with Crippen LogP contribution in [0.5, 0.6) is 28.7 Å². The smallest absolute Gasteiger partial charge is 0.261 e. The van der Waals surface area contributed by atoms with Gasteiger partial charge in [-0.3, -0.25) is 14.8 Å².